The molecule has 5 nitrogen and oxygen atoms in total. The summed E-state index contributed by atoms with van der Waals surface area (Å²) >= 11 is 0. The number of ether oxygens (including phenoxy) is 1. The molecule has 1 fully saturated rings. The van der Waals surface area contributed by atoms with Gasteiger partial charge in [0.05, 0.1) is 6.04 Å². The van der Waals surface area contributed by atoms with Gasteiger partial charge in [-0.05, 0) is 31.2 Å². The lowest BCUT2D eigenvalue weighted by Crippen LogP contribution is -2.27. The SMILES string of the molecule is CC(C)c1noc(C(C)NC(CC2CCOC2)c2ccccc2)n1. The molecule has 1 aliphatic heterocycles. The first-order valence-electron chi connectivity index (χ1n) is 8.85. The molecule has 130 valence electrons. The van der Waals surface area contributed by atoms with Crippen LogP contribution in [-0.2, 0) is 4.74 Å². The van der Waals surface area contributed by atoms with Crippen molar-refractivity contribution in [1.82, 2.24) is 15.5 Å². The van der Waals surface area contributed by atoms with Gasteiger partial charge in [-0.25, -0.2) is 0 Å². The molecule has 3 atom stereocenters. The maximum Gasteiger partial charge on any atom is 0.243 e. The lowest BCUT2D eigenvalue weighted by molar-refractivity contribution is 0.180. The van der Waals surface area contributed by atoms with Gasteiger partial charge in [0.2, 0.25) is 5.89 Å². The summed E-state index contributed by atoms with van der Waals surface area (Å²) in [5, 5.41) is 7.75. The Bertz CT molecular complexity index is 621. The van der Waals surface area contributed by atoms with E-state index in [4.69, 9.17) is 9.26 Å². The molecule has 2 aromatic rings. The van der Waals surface area contributed by atoms with Gasteiger partial charge in [-0.1, -0.05) is 49.3 Å². The molecule has 1 saturated heterocycles. The highest BCUT2D eigenvalue weighted by molar-refractivity contribution is 5.19. The van der Waals surface area contributed by atoms with Gasteiger partial charge in [-0.2, -0.15) is 4.98 Å². The molecule has 0 saturated carbocycles. The number of hydrogen-bond acceptors (Lipinski definition) is 5. The Hall–Kier alpha value is -1.72. The molecule has 24 heavy (non-hydrogen) atoms. The molecule has 1 aromatic carbocycles. The minimum atomic E-state index is 0.0116. The maximum absolute atomic E-state index is 5.54. The van der Waals surface area contributed by atoms with Crippen LogP contribution in [0.25, 0.3) is 0 Å². The zero-order valence-electron chi connectivity index (χ0n) is 14.7. The number of aromatic nitrogens is 2. The quantitative estimate of drug-likeness (QED) is 0.831. The van der Waals surface area contributed by atoms with Crippen molar-refractivity contribution >= 4 is 0 Å². The predicted octanol–water partition coefficient (Wildman–Crippen LogP) is 4.01. The van der Waals surface area contributed by atoms with Gasteiger partial charge < -0.3 is 9.26 Å². The highest BCUT2D eigenvalue weighted by Crippen LogP contribution is 2.29. The fourth-order valence-electron chi connectivity index (χ4n) is 3.12. The van der Waals surface area contributed by atoms with Gasteiger partial charge in [0.15, 0.2) is 5.82 Å². The smallest absolute Gasteiger partial charge is 0.243 e. The standard InChI is InChI=1S/C19H27N3O2/c1-13(2)18-21-19(24-22-18)14(3)20-17(11-15-9-10-23-12-15)16-7-5-4-6-8-16/h4-8,13-15,17,20H,9-12H2,1-3H3. The Morgan fingerprint density at radius 3 is 2.62 bits per heavy atom. The van der Waals surface area contributed by atoms with Crippen molar-refractivity contribution in [3.05, 3.63) is 47.6 Å². The second kappa shape index (κ2) is 7.90. The Kier molecular flexibility index (Phi) is 5.63. The van der Waals surface area contributed by atoms with Crippen LogP contribution in [0.4, 0.5) is 0 Å². The Morgan fingerprint density at radius 1 is 1.21 bits per heavy atom. The summed E-state index contributed by atoms with van der Waals surface area (Å²) in [7, 11) is 0. The predicted molar refractivity (Wildman–Crippen MR) is 92.7 cm³/mol. The van der Waals surface area contributed by atoms with Crippen LogP contribution in [0.15, 0.2) is 34.9 Å². The Morgan fingerprint density at radius 2 is 2.00 bits per heavy atom. The van der Waals surface area contributed by atoms with Crippen LogP contribution < -0.4 is 5.32 Å². The van der Waals surface area contributed by atoms with Crippen LogP contribution in [0, 0.1) is 5.92 Å². The molecule has 1 N–H and O–H groups in total. The molecule has 3 rings (SSSR count). The second-order valence-corrected chi connectivity index (χ2v) is 6.96. The fraction of sp³-hybridized carbons (Fsp3) is 0.579. The zero-order valence-corrected chi connectivity index (χ0v) is 14.7. The van der Waals surface area contributed by atoms with Crippen molar-refractivity contribution < 1.29 is 9.26 Å². The van der Waals surface area contributed by atoms with E-state index in [2.05, 4.69) is 66.6 Å². The van der Waals surface area contributed by atoms with Crippen molar-refractivity contribution in [3.63, 3.8) is 0 Å². The van der Waals surface area contributed by atoms with E-state index in [1.165, 1.54) is 5.56 Å². The summed E-state index contributed by atoms with van der Waals surface area (Å²) in [6.07, 6.45) is 2.19. The van der Waals surface area contributed by atoms with Crippen LogP contribution >= 0.6 is 0 Å². The highest BCUT2D eigenvalue weighted by atomic mass is 16.5. The summed E-state index contributed by atoms with van der Waals surface area (Å²) in [4.78, 5) is 4.52. The van der Waals surface area contributed by atoms with E-state index in [1.54, 1.807) is 0 Å². The lowest BCUT2D eigenvalue weighted by Gasteiger charge is -2.24. The van der Waals surface area contributed by atoms with E-state index in [-0.39, 0.29) is 18.0 Å². The van der Waals surface area contributed by atoms with Crippen molar-refractivity contribution in [3.8, 4) is 0 Å². The topological polar surface area (TPSA) is 60.2 Å². The molecular formula is C19H27N3O2. The molecule has 3 unspecified atom stereocenters. The number of benzene rings is 1. The first-order chi connectivity index (χ1) is 11.6. The molecule has 0 spiro atoms. The third-order valence-corrected chi connectivity index (χ3v) is 4.59. The monoisotopic (exact) mass is 329 g/mol. The van der Waals surface area contributed by atoms with Gasteiger partial charge in [-0.15, -0.1) is 0 Å². The van der Waals surface area contributed by atoms with E-state index in [9.17, 15) is 0 Å². The maximum atomic E-state index is 5.54. The second-order valence-electron chi connectivity index (χ2n) is 6.96. The van der Waals surface area contributed by atoms with Crippen molar-refractivity contribution in [2.75, 3.05) is 13.2 Å². The van der Waals surface area contributed by atoms with Crippen molar-refractivity contribution in [1.29, 1.82) is 0 Å². The van der Waals surface area contributed by atoms with Crippen LogP contribution in [-0.4, -0.2) is 23.4 Å². The van der Waals surface area contributed by atoms with Gasteiger partial charge in [0.1, 0.15) is 0 Å². The zero-order chi connectivity index (χ0) is 16.9. The minimum Gasteiger partial charge on any atom is -0.381 e. The number of nitrogens with one attached hydrogen (secondary N) is 1. The van der Waals surface area contributed by atoms with E-state index in [0.29, 0.717) is 11.8 Å². The number of rotatable bonds is 7. The van der Waals surface area contributed by atoms with E-state index in [1.807, 2.05) is 0 Å². The van der Waals surface area contributed by atoms with Crippen LogP contribution in [0.2, 0.25) is 0 Å². The molecule has 1 aromatic heterocycles. The molecular weight excluding hydrogens is 302 g/mol. The Balaban J connectivity index is 1.72. The molecule has 1 aliphatic rings. The van der Waals surface area contributed by atoms with Crippen LogP contribution in [0.5, 0.6) is 0 Å². The highest BCUT2D eigenvalue weighted by Gasteiger charge is 2.25. The molecule has 0 radical (unpaired) electrons. The summed E-state index contributed by atoms with van der Waals surface area (Å²) in [5.74, 6) is 2.29. The van der Waals surface area contributed by atoms with Crippen LogP contribution in [0.3, 0.4) is 0 Å². The number of nitrogens with zero attached hydrogens (tertiary/aromatic N) is 2. The van der Waals surface area contributed by atoms with Gasteiger partial charge in [0, 0.05) is 25.2 Å². The molecule has 5 heteroatoms. The third kappa shape index (κ3) is 4.22. The minimum absolute atomic E-state index is 0.0116. The van der Waals surface area contributed by atoms with Gasteiger partial charge >= 0.3 is 0 Å². The molecule has 0 amide bonds. The first kappa shape index (κ1) is 17.1. The summed E-state index contributed by atoms with van der Waals surface area (Å²) in [6, 6.07) is 10.8. The van der Waals surface area contributed by atoms with Crippen molar-refractivity contribution in [2.45, 2.75) is 51.6 Å². The largest absolute Gasteiger partial charge is 0.381 e. The van der Waals surface area contributed by atoms with Crippen molar-refractivity contribution in [2.24, 2.45) is 5.92 Å². The van der Waals surface area contributed by atoms with Crippen LogP contribution in [0.1, 0.15) is 68.9 Å². The summed E-state index contributed by atoms with van der Waals surface area (Å²) in [6.45, 7) is 7.96. The average molecular weight is 329 g/mol. The lowest BCUT2D eigenvalue weighted by atomic mass is 9.93. The van der Waals surface area contributed by atoms with E-state index < -0.39 is 0 Å². The summed E-state index contributed by atoms with van der Waals surface area (Å²) in [5.41, 5.74) is 1.29. The molecule has 0 bridgehead atoms. The Labute approximate surface area is 143 Å². The van der Waals surface area contributed by atoms with E-state index >= 15 is 0 Å². The summed E-state index contributed by atoms with van der Waals surface area (Å²) < 4.78 is 11.0. The van der Waals surface area contributed by atoms with Gasteiger partial charge in [0.25, 0.3) is 0 Å². The van der Waals surface area contributed by atoms with Gasteiger partial charge in [-0.3, -0.25) is 5.32 Å². The first-order valence-corrected chi connectivity index (χ1v) is 8.85. The fourth-order valence-corrected chi connectivity index (χ4v) is 3.12. The normalized spacial score (nSPS) is 20.4. The molecule has 2 heterocycles. The molecule has 0 aliphatic carbocycles. The third-order valence-electron chi connectivity index (χ3n) is 4.59. The van der Waals surface area contributed by atoms with E-state index in [0.717, 1.165) is 31.9 Å². The number of hydrogen-bond donors (Lipinski definition) is 1. The average Bonchev–Trinajstić information content (AvgIpc) is 3.26.